The molecular weight excluding hydrogens is 410 g/mol. The molecule has 0 unspecified atom stereocenters. The van der Waals surface area contributed by atoms with Gasteiger partial charge in [-0.2, -0.15) is 5.26 Å². The third-order valence-electron chi connectivity index (χ3n) is 4.45. The van der Waals surface area contributed by atoms with Gasteiger partial charge in [0.25, 0.3) is 11.6 Å². The highest BCUT2D eigenvalue weighted by Crippen LogP contribution is 2.29. The molecule has 0 aromatic heterocycles. The molecule has 0 aliphatic carbocycles. The van der Waals surface area contributed by atoms with Gasteiger partial charge >= 0.3 is 0 Å². The summed E-state index contributed by atoms with van der Waals surface area (Å²) in [4.78, 5) is 23.2. The summed E-state index contributed by atoms with van der Waals surface area (Å²) in [7, 11) is 1.38. The molecule has 0 aliphatic heterocycles. The molecule has 1 N–H and O–H groups in total. The van der Waals surface area contributed by atoms with E-state index < -0.39 is 10.8 Å². The van der Waals surface area contributed by atoms with Crippen molar-refractivity contribution in [3.63, 3.8) is 0 Å². The van der Waals surface area contributed by atoms with Crippen molar-refractivity contribution in [1.82, 2.24) is 0 Å². The molecule has 32 heavy (non-hydrogen) atoms. The number of nitrogens with one attached hydrogen (secondary N) is 1. The van der Waals surface area contributed by atoms with Crippen molar-refractivity contribution < 1.29 is 19.2 Å². The highest BCUT2D eigenvalue weighted by Gasteiger charge is 2.19. The van der Waals surface area contributed by atoms with E-state index >= 15 is 0 Å². The summed E-state index contributed by atoms with van der Waals surface area (Å²) in [6.45, 7) is 0.419. The summed E-state index contributed by atoms with van der Waals surface area (Å²) in [5.74, 6) is 0.160. The van der Waals surface area contributed by atoms with Crippen LogP contribution in [-0.4, -0.2) is 17.9 Å². The van der Waals surface area contributed by atoms with Gasteiger partial charge in [-0.25, -0.2) is 0 Å². The number of carbonyl (C=O) groups excluding carboxylic acids is 1. The van der Waals surface area contributed by atoms with Crippen molar-refractivity contribution in [2.75, 3.05) is 12.4 Å². The quantitative estimate of drug-likeness (QED) is 0.240. The number of nitro groups is 1. The first-order valence-electron chi connectivity index (χ1n) is 9.52. The lowest BCUT2D eigenvalue weighted by Gasteiger charge is -2.08. The van der Waals surface area contributed by atoms with Crippen molar-refractivity contribution in [2.24, 2.45) is 0 Å². The predicted octanol–water partition coefficient (Wildman–Crippen LogP) is 4.73. The summed E-state index contributed by atoms with van der Waals surface area (Å²) in [6.07, 6.45) is 1.39. The minimum atomic E-state index is -0.759. The van der Waals surface area contributed by atoms with E-state index in [1.54, 1.807) is 24.3 Å². The Bertz CT molecular complexity index is 1180. The molecule has 0 spiro atoms. The fraction of sp³-hybridized carbons (Fsp3) is 0.0833. The van der Waals surface area contributed by atoms with Crippen LogP contribution in [-0.2, 0) is 11.4 Å². The van der Waals surface area contributed by atoms with E-state index in [1.165, 1.54) is 31.4 Å². The molecule has 0 saturated heterocycles. The number of nitro benzene ring substituents is 1. The largest absolute Gasteiger partial charge is 0.496 e. The van der Waals surface area contributed by atoms with E-state index in [-0.39, 0.29) is 22.7 Å². The van der Waals surface area contributed by atoms with Gasteiger partial charge in [-0.3, -0.25) is 14.9 Å². The Morgan fingerprint density at radius 1 is 1.09 bits per heavy atom. The minimum Gasteiger partial charge on any atom is -0.496 e. The molecule has 8 nitrogen and oxygen atoms in total. The average Bonchev–Trinajstić information content (AvgIpc) is 2.82. The zero-order chi connectivity index (χ0) is 22.9. The molecule has 0 bridgehead atoms. The van der Waals surface area contributed by atoms with Gasteiger partial charge in [0.15, 0.2) is 0 Å². The molecule has 0 heterocycles. The lowest BCUT2D eigenvalue weighted by atomic mass is 10.1. The Kier molecular flexibility index (Phi) is 7.17. The molecule has 0 aliphatic rings. The molecule has 3 aromatic rings. The lowest BCUT2D eigenvalue weighted by Crippen LogP contribution is -2.14. The molecule has 0 radical (unpaired) electrons. The maximum atomic E-state index is 12.5. The van der Waals surface area contributed by atoms with Crippen LogP contribution < -0.4 is 14.8 Å². The van der Waals surface area contributed by atoms with E-state index in [0.29, 0.717) is 17.9 Å². The number of nitrogens with zero attached hydrogens (tertiary/aromatic N) is 2. The zero-order valence-electron chi connectivity index (χ0n) is 17.1. The van der Waals surface area contributed by atoms with Crippen LogP contribution in [0.15, 0.2) is 78.4 Å². The van der Waals surface area contributed by atoms with Gasteiger partial charge in [-0.05, 0) is 41.5 Å². The number of ether oxygens (including phenoxy) is 2. The summed E-state index contributed by atoms with van der Waals surface area (Å²) >= 11 is 0. The van der Waals surface area contributed by atoms with Gasteiger partial charge in [-0.1, -0.05) is 42.5 Å². The van der Waals surface area contributed by atoms with E-state index in [2.05, 4.69) is 5.32 Å². The van der Waals surface area contributed by atoms with E-state index in [9.17, 15) is 20.2 Å². The second-order valence-electron chi connectivity index (χ2n) is 6.61. The number of carbonyl (C=O) groups is 1. The van der Waals surface area contributed by atoms with Gasteiger partial charge in [0, 0.05) is 0 Å². The van der Waals surface area contributed by atoms with Crippen molar-refractivity contribution in [3.8, 4) is 17.6 Å². The van der Waals surface area contributed by atoms with Crippen LogP contribution >= 0.6 is 0 Å². The summed E-state index contributed by atoms with van der Waals surface area (Å²) in [6, 6.07) is 22.4. The van der Waals surface area contributed by atoms with E-state index in [1.807, 2.05) is 36.4 Å². The molecule has 3 rings (SSSR count). The second kappa shape index (κ2) is 10.4. The Morgan fingerprint density at radius 3 is 2.41 bits per heavy atom. The molecular formula is C24H19N3O5. The number of methoxy groups -OCH3 is 1. The highest BCUT2D eigenvalue weighted by atomic mass is 16.6. The van der Waals surface area contributed by atoms with Crippen LogP contribution in [0.4, 0.5) is 11.4 Å². The first kappa shape index (κ1) is 22.1. The maximum Gasteiger partial charge on any atom is 0.296 e. The Balaban J connectivity index is 1.71. The number of amides is 1. The van der Waals surface area contributed by atoms with Crippen molar-refractivity contribution >= 4 is 23.4 Å². The van der Waals surface area contributed by atoms with Gasteiger partial charge in [0.1, 0.15) is 35.4 Å². The van der Waals surface area contributed by atoms with Crippen LogP contribution in [0.2, 0.25) is 0 Å². The lowest BCUT2D eigenvalue weighted by molar-refractivity contribution is -0.384. The van der Waals surface area contributed by atoms with Crippen LogP contribution in [0.1, 0.15) is 11.1 Å². The molecule has 0 fully saturated rings. The molecule has 1 amide bonds. The highest BCUT2D eigenvalue weighted by molar-refractivity contribution is 6.10. The van der Waals surface area contributed by atoms with Gasteiger partial charge in [0.2, 0.25) is 0 Å². The smallest absolute Gasteiger partial charge is 0.296 e. The average molecular weight is 429 g/mol. The van der Waals surface area contributed by atoms with Crippen LogP contribution in [0.5, 0.6) is 11.5 Å². The van der Waals surface area contributed by atoms with Crippen LogP contribution in [0.3, 0.4) is 0 Å². The van der Waals surface area contributed by atoms with Crippen molar-refractivity contribution in [3.05, 3.63) is 99.6 Å². The van der Waals surface area contributed by atoms with Gasteiger partial charge in [-0.15, -0.1) is 0 Å². The number of hydrogen-bond acceptors (Lipinski definition) is 6. The standard InChI is InChI=1S/C24H19N3O5/c1-31-21-11-12-22(23(14-21)27(29)30)26-24(28)19(15-25)13-17-7-9-20(10-8-17)32-16-18-5-3-2-4-6-18/h2-14H,16H2,1H3,(H,26,28)/b19-13+. The summed E-state index contributed by atoms with van der Waals surface area (Å²) in [5.41, 5.74) is 1.06. The third-order valence-corrected chi connectivity index (χ3v) is 4.45. The zero-order valence-corrected chi connectivity index (χ0v) is 17.1. The minimum absolute atomic E-state index is 0.0355. The van der Waals surface area contributed by atoms with E-state index in [4.69, 9.17) is 9.47 Å². The van der Waals surface area contributed by atoms with E-state index in [0.717, 1.165) is 5.56 Å². The molecule has 8 heteroatoms. The van der Waals surface area contributed by atoms with Crippen molar-refractivity contribution in [1.29, 1.82) is 5.26 Å². The first-order chi connectivity index (χ1) is 15.5. The fourth-order valence-electron chi connectivity index (χ4n) is 2.80. The molecule has 160 valence electrons. The third kappa shape index (κ3) is 5.70. The topological polar surface area (TPSA) is 114 Å². The summed E-state index contributed by atoms with van der Waals surface area (Å²) in [5, 5.41) is 23.1. The second-order valence-corrected chi connectivity index (χ2v) is 6.61. The Hall–Kier alpha value is -4.64. The maximum absolute atomic E-state index is 12.5. The molecule has 0 atom stereocenters. The molecule has 3 aromatic carbocycles. The number of anilines is 1. The first-order valence-corrected chi connectivity index (χ1v) is 9.52. The monoisotopic (exact) mass is 429 g/mol. The van der Waals surface area contributed by atoms with Crippen LogP contribution in [0, 0.1) is 21.4 Å². The Labute approximate surface area is 184 Å². The fourth-order valence-corrected chi connectivity index (χ4v) is 2.80. The van der Waals surface area contributed by atoms with Crippen molar-refractivity contribution in [2.45, 2.75) is 6.61 Å². The van der Waals surface area contributed by atoms with Gasteiger partial charge < -0.3 is 14.8 Å². The number of nitriles is 1. The number of benzene rings is 3. The van der Waals surface area contributed by atoms with Gasteiger partial charge in [0.05, 0.1) is 18.1 Å². The normalized spacial score (nSPS) is 10.7. The summed E-state index contributed by atoms with van der Waals surface area (Å²) < 4.78 is 10.7. The number of rotatable bonds is 8. The number of hydrogen-bond donors (Lipinski definition) is 1. The van der Waals surface area contributed by atoms with Crippen LogP contribution in [0.25, 0.3) is 6.08 Å². The predicted molar refractivity (Wildman–Crippen MR) is 119 cm³/mol. The SMILES string of the molecule is COc1ccc(NC(=O)/C(C#N)=C/c2ccc(OCc3ccccc3)cc2)c([N+](=O)[O-])c1. The Morgan fingerprint density at radius 2 is 1.78 bits per heavy atom. The molecule has 0 saturated carbocycles.